The van der Waals surface area contributed by atoms with Gasteiger partial charge in [-0.25, -0.2) is 0 Å². The van der Waals surface area contributed by atoms with E-state index in [4.69, 9.17) is 4.74 Å². The third-order valence-electron chi connectivity index (χ3n) is 4.03. The first-order valence-corrected chi connectivity index (χ1v) is 8.57. The molecule has 2 aromatic heterocycles. The number of nitrogens with zero attached hydrogens (tertiary/aromatic N) is 3. The summed E-state index contributed by atoms with van der Waals surface area (Å²) < 4.78 is 5.66. The van der Waals surface area contributed by atoms with Crippen molar-refractivity contribution in [2.45, 2.75) is 26.5 Å². The van der Waals surface area contributed by atoms with Crippen LogP contribution in [0.5, 0.6) is 5.75 Å². The number of para-hydroxylation sites is 1. The van der Waals surface area contributed by atoms with Crippen molar-refractivity contribution in [1.29, 1.82) is 0 Å². The van der Waals surface area contributed by atoms with E-state index in [0.717, 1.165) is 23.6 Å². The molecule has 0 saturated carbocycles. The van der Waals surface area contributed by atoms with E-state index >= 15 is 0 Å². The van der Waals surface area contributed by atoms with E-state index < -0.39 is 0 Å². The van der Waals surface area contributed by atoms with E-state index in [-0.39, 0.29) is 5.91 Å². The quantitative estimate of drug-likeness (QED) is 0.710. The maximum Gasteiger partial charge on any atom is 0.274 e. The molecule has 0 spiro atoms. The molecule has 1 N–H and O–H groups in total. The van der Waals surface area contributed by atoms with Crippen molar-refractivity contribution in [2.24, 2.45) is 0 Å². The predicted molar refractivity (Wildman–Crippen MR) is 98.8 cm³/mol. The van der Waals surface area contributed by atoms with E-state index in [0.29, 0.717) is 18.8 Å². The molecule has 3 rings (SSSR count). The molecular weight excluding hydrogens is 328 g/mol. The second-order valence-corrected chi connectivity index (χ2v) is 6.05. The van der Waals surface area contributed by atoms with Crippen molar-refractivity contribution >= 4 is 5.91 Å². The second-order valence-electron chi connectivity index (χ2n) is 6.05. The molecule has 6 heteroatoms. The summed E-state index contributed by atoms with van der Waals surface area (Å²) in [6, 6.07) is 15.2. The lowest BCUT2D eigenvalue weighted by molar-refractivity contribution is 0.0777. The zero-order valence-corrected chi connectivity index (χ0v) is 15.0. The van der Waals surface area contributed by atoms with E-state index in [1.54, 1.807) is 18.0 Å². The number of aryl methyl sites for hydroxylation is 1. The van der Waals surface area contributed by atoms with Crippen LogP contribution in [0.15, 0.2) is 54.7 Å². The highest BCUT2D eigenvalue weighted by atomic mass is 16.5. The van der Waals surface area contributed by atoms with Gasteiger partial charge in [-0.3, -0.25) is 14.9 Å². The largest absolute Gasteiger partial charge is 0.487 e. The molecule has 1 amide bonds. The van der Waals surface area contributed by atoms with Crippen LogP contribution < -0.4 is 4.74 Å². The number of ether oxygens (including phenoxy) is 1. The number of carbonyl (C=O) groups is 1. The van der Waals surface area contributed by atoms with Crippen molar-refractivity contribution in [3.63, 3.8) is 0 Å². The Bertz CT molecular complexity index is 844. The minimum atomic E-state index is -0.159. The number of aromatic nitrogens is 3. The Kier molecular flexibility index (Phi) is 5.63. The van der Waals surface area contributed by atoms with Gasteiger partial charge in [-0.1, -0.05) is 31.2 Å². The van der Waals surface area contributed by atoms with Gasteiger partial charge in [-0.2, -0.15) is 5.10 Å². The van der Waals surface area contributed by atoms with Crippen LogP contribution in [-0.2, 0) is 19.6 Å². The van der Waals surface area contributed by atoms with Crippen LogP contribution in [-0.4, -0.2) is 33.0 Å². The number of aromatic amines is 1. The summed E-state index contributed by atoms with van der Waals surface area (Å²) in [7, 11) is 1.74. The van der Waals surface area contributed by atoms with E-state index in [1.807, 2.05) is 48.7 Å². The second kappa shape index (κ2) is 8.29. The number of hydrogen-bond acceptors (Lipinski definition) is 4. The normalized spacial score (nSPS) is 10.5. The lowest BCUT2D eigenvalue weighted by Gasteiger charge is -2.15. The first-order valence-electron chi connectivity index (χ1n) is 8.57. The number of hydrogen-bond donors (Lipinski definition) is 1. The Morgan fingerprint density at radius 1 is 1.19 bits per heavy atom. The molecule has 0 aliphatic rings. The SMILES string of the molecule is CCc1ccc(CN(C)C(=O)c2cc(COc3ccccc3)[nH]n2)nc1. The van der Waals surface area contributed by atoms with Crippen LogP contribution in [0.3, 0.4) is 0 Å². The fourth-order valence-corrected chi connectivity index (χ4v) is 2.49. The third-order valence-corrected chi connectivity index (χ3v) is 4.03. The number of benzene rings is 1. The molecule has 6 nitrogen and oxygen atoms in total. The lowest BCUT2D eigenvalue weighted by Crippen LogP contribution is -2.27. The number of rotatable bonds is 7. The molecule has 0 atom stereocenters. The summed E-state index contributed by atoms with van der Waals surface area (Å²) in [6.45, 7) is 2.85. The summed E-state index contributed by atoms with van der Waals surface area (Å²) in [5.74, 6) is 0.613. The summed E-state index contributed by atoms with van der Waals surface area (Å²) in [5.41, 5.74) is 3.14. The third kappa shape index (κ3) is 4.47. The van der Waals surface area contributed by atoms with Crippen LogP contribution in [0.25, 0.3) is 0 Å². The minimum absolute atomic E-state index is 0.159. The maximum absolute atomic E-state index is 12.5. The van der Waals surface area contributed by atoms with Crippen molar-refractivity contribution in [3.8, 4) is 5.75 Å². The number of carbonyl (C=O) groups excluding carboxylic acids is 1. The lowest BCUT2D eigenvalue weighted by atomic mass is 10.2. The fourth-order valence-electron chi connectivity index (χ4n) is 2.49. The monoisotopic (exact) mass is 350 g/mol. The molecule has 3 aromatic rings. The molecule has 1 aromatic carbocycles. The molecule has 0 unspecified atom stereocenters. The minimum Gasteiger partial charge on any atom is -0.487 e. The van der Waals surface area contributed by atoms with Crippen LogP contribution in [0.1, 0.15) is 34.4 Å². The van der Waals surface area contributed by atoms with Crippen LogP contribution in [0, 0.1) is 0 Å². The van der Waals surface area contributed by atoms with Gasteiger partial charge < -0.3 is 9.64 Å². The first-order chi connectivity index (χ1) is 12.7. The topological polar surface area (TPSA) is 71.1 Å². The molecule has 0 fully saturated rings. The molecule has 0 aliphatic carbocycles. The number of pyridine rings is 1. The summed E-state index contributed by atoms with van der Waals surface area (Å²) >= 11 is 0. The smallest absolute Gasteiger partial charge is 0.274 e. The Morgan fingerprint density at radius 3 is 2.69 bits per heavy atom. The number of amides is 1. The highest BCUT2D eigenvalue weighted by molar-refractivity contribution is 5.92. The van der Waals surface area contributed by atoms with Crippen molar-refractivity contribution in [2.75, 3.05) is 7.05 Å². The van der Waals surface area contributed by atoms with Gasteiger partial charge in [-0.15, -0.1) is 0 Å². The average Bonchev–Trinajstić information content (AvgIpc) is 3.16. The average molecular weight is 350 g/mol. The van der Waals surface area contributed by atoms with E-state index in [9.17, 15) is 4.79 Å². The number of H-pyrrole nitrogens is 1. The summed E-state index contributed by atoms with van der Waals surface area (Å²) in [4.78, 5) is 18.5. The first kappa shape index (κ1) is 17.7. The molecule has 134 valence electrons. The van der Waals surface area contributed by atoms with Gasteiger partial charge in [-0.05, 0) is 36.2 Å². The Labute approximate surface area is 152 Å². The van der Waals surface area contributed by atoms with Gasteiger partial charge in [0.1, 0.15) is 12.4 Å². The van der Waals surface area contributed by atoms with Crippen LogP contribution in [0.2, 0.25) is 0 Å². The van der Waals surface area contributed by atoms with Gasteiger partial charge >= 0.3 is 0 Å². The Balaban J connectivity index is 1.57. The van der Waals surface area contributed by atoms with Crippen LogP contribution in [0.4, 0.5) is 0 Å². The van der Waals surface area contributed by atoms with Crippen molar-refractivity contribution in [3.05, 3.63) is 77.4 Å². The molecule has 0 saturated heterocycles. The fraction of sp³-hybridized carbons (Fsp3) is 0.250. The number of nitrogens with one attached hydrogen (secondary N) is 1. The highest BCUT2D eigenvalue weighted by Crippen LogP contribution is 2.12. The standard InChI is InChI=1S/C20H22N4O2/c1-3-15-9-10-16(21-12-15)13-24(2)20(25)19-11-17(22-23-19)14-26-18-7-5-4-6-8-18/h4-12H,3,13-14H2,1-2H3,(H,22,23). The van der Waals surface area contributed by atoms with E-state index in [1.165, 1.54) is 5.56 Å². The van der Waals surface area contributed by atoms with Crippen LogP contribution >= 0.6 is 0 Å². The molecule has 2 heterocycles. The highest BCUT2D eigenvalue weighted by Gasteiger charge is 2.16. The zero-order chi connectivity index (χ0) is 18.4. The van der Waals surface area contributed by atoms with Gasteiger partial charge in [0.05, 0.1) is 17.9 Å². The molecule has 0 radical (unpaired) electrons. The van der Waals surface area contributed by atoms with Gasteiger partial charge in [0.25, 0.3) is 5.91 Å². The Morgan fingerprint density at radius 2 is 2.00 bits per heavy atom. The molecule has 26 heavy (non-hydrogen) atoms. The summed E-state index contributed by atoms with van der Waals surface area (Å²) in [5, 5.41) is 6.95. The molecular formula is C20H22N4O2. The Hall–Kier alpha value is -3.15. The zero-order valence-electron chi connectivity index (χ0n) is 15.0. The van der Waals surface area contributed by atoms with Gasteiger partial charge in [0, 0.05) is 13.2 Å². The van der Waals surface area contributed by atoms with Gasteiger partial charge in [0.2, 0.25) is 0 Å². The molecule has 0 bridgehead atoms. The molecule has 0 aliphatic heterocycles. The van der Waals surface area contributed by atoms with E-state index in [2.05, 4.69) is 22.1 Å². The predicted octanol–water partition coefficient (Wildman–Crippen LogP) is 3.22. The van der Waals surface area contributed by atoms with Crippen molar-refractivity contribution < 1.29 is 9.53 Å². The van der Waals surface area contributed by atoms with Gasteiger partial charge in [0.15, 0.2) is 5.69 Å². The maximum atomic E-state index is 12.5. The summed E-state index contributed by atoms with van der Waals surface area (Å²) in [6.07, 6.45) is 2.80. The van der Waals surface area contributed by atoms with Crippen molar-refractivity contribution in [1.82, 2.24) is 20.1 Å².